The lowest BCUT2D eigenvalue weighted by Crippen LogP contribution is -2.43. The Morgan fingerprint density at radius 1 is 1.36 bits per heavy atom. The molecular weight excluding hydrogens is 296 g/mol. The Morgan fingerprint density at radius 3 is 2.82 bits per heavy atom. The van der Waals surface area contributed by atoms with E-state index in [4.69, 9.17) is 0 Å². The molecule has 1 aromatic carbocycles. The molecular formula is C18H27ClN2O. The summed E-state index contributed by atoms with van der Waals surface area (Å²) in [4.78, 5) is 14.6. The van der Waals surface area contributed by atoms with Gasteiger partial charge in [0, 0.05) is 13.1 Å². The maximum atomic E-state index is 12.5. The summed E-state index contributed by atoms with van der Waals surface area (Å²) in [6, 6.07) is 10.8. The Bertz CT molecular complexity index is 487. The molecule has 3 rings (SSSR count). The molecule has 0 aliphatic carbocycles. The van der Waals surface area contributed by atoms with Gasteiger partial charge in [-0.05, 0) is 49.6 Å². The third-order valence-corrected chi connectivity index (χ3v) is 5.09. The Balaban J connectivity index is 0.00000176. The van der Waals surface area contributed by atoms with E-state index in [-0.39, 0.29) is 23.9 Å². The van der Waals surface area contributed by atoms with Crippen LogP contribution in [0.3, 0.4) is 0 Å². The highest BCUT2D eigenvalue weighted by molar-refractivity contribution is 5.85. The fourth-order valence-electron chi connectivity index (χ4n) is 3.62. The van der Waals surface area contributed by atoms with E-state index in [0.717, 1.165) is 45.3 Å². The van der Waals surface area contributed by atoms with Crippen LogP contribution >= 0.6 is 12.4 Å². The molecule has 2 heterocycles. The molecule has 1 amide bonds. The summed E-state index contributed by atoms with van der Waals surface area (Å²) in [5, 5.41) is 3.33. The first-order valence-electron chi connectivity index (χ1n) is 8.22. The third-order valence-electron chi connectivity index (χ3n) is 5.09. The van der Waals surface area contributed by atoms with E-state index in [9.17, 15) is 4.79 Å². The molecule has 1 aromatic rings. The normalized spacial score (nSPS) is 27.7. The molecule has 4 heteroatoms. The van der Waals surface area contributed by atoms with Gasteiger partial charge in [-0.3, -0.25) is 4.79 Å². The van der Waals surface area contributed by atoms with E-state index in [1.165, 1.54) is 12.0 Å². The van der Waals surface area contributed by atoms with Gasteiger partial charge in [0.25, 0.3) is 0 Å². The maximum Gasteiger partial charge on any atom is 0.239 e. The third kappa shape index (κ3) is 4.02. The van der Waals surface area contributed by atoms with Crippen molar-refractivity contribution in [3.63, 3.8) is 0 Å². The molecule has 0 spiro atoms. The Kier molecular flexibility index (Phi) is 5.87. The van der Waals surface area contributed by atoms with Crippen LogP contribution in [0.1, 0.15) is 38.2 Å². The zero-order chi connectivity index (χ0) is 14.7. The molecule has 2 fully saturated rings. The number of amides is 1. The van der Waals surface area contributed by atoms with Crippen LogP contribution in [0.5, 0.6) is 0 Å². The number of benzene rings is 1. The van der Waals surface area contributed by atoms with Gasteiger partial charge >= 0.3 is 0 Å². The average molecular weight is 323 g/mol. The second-order valence-electron chi connectivity index (χ2n) is 6.95. The second-order valence-corrected chi connectivity index (χ2v) is 6.95. The van der Waals surface area contributed by atoms with E-state index in [1.807, 2.05) is 0 Å². The molecule has 2 unspecified atom stereocenters. The predicted octanol–water partition coefficient (Wildman–Crippen LogP) is 3.03. The number of likely N-dealkylation sites (tertiary alicyclic amines) is 1. The molecule has 2 saturated heterocycles. The van der Waals surface area contributed by atoms with Gasteiger partial charge in [-0.1, -0.05) is 37.3 Å². The summed E-state index contributed by atoms with van der Waals surface area (Å²) in [6.45, 7) is 5.19. The van der Waals surface area contributed by atoms with E-state index < -0.39 is 0 Å². The maximum absolute atomic E-state index is 12.5. The van der Waals surface area contributed by atoms with Crippen molar-refractivity contribution in [3.8, 4) is 0 Å². The molecule has 0 radical (unpaired) electrons. The molecule has 2 aliphatic heterocycles. The summed E-state index contributed by atoms with van der Waals surface area (Å²) in [7, 11) is 0. The van der Waals surface area contributed by atoms with E-state index in [2.05, 4.69) is 47.5 Å². The van der Waals surface area contributed by atoms with Crippen molar-refractivity contribution in [3.05, 3.63) is 35.9 Å². The molecule has 0 bridgehead atoms. The Hall–Kier alpha value is -1.06. The first-order valence-corrected chi connectivity index (χ1v) is 8.22. The quantitative estimate of drug-likeness (QED) is 0.924. The highest BCUT2D eigenvalue weighted by Crippen LogP contribution is 2.35. The topological polar surface area (TPSA) is 32.3 Å². The van der Waals surface area contributed by atoms with Crippen molar-refractivity contribution in [1.29, 1.82) is 0 Å². The summed E-state index contributed by atoms with van der Waals surface area (Å²) < 4.78 is 0. The smallest absolute Gasteiger partial charge is 0.239 e. The molecule has 3 nitrogen and oxygen atoms in total. The standard InChI is InChI=1S/C18H26N2O.ClH/c1-18(10-9-15-6-3-2-4-7-15)11-13-20(14-18)17(21)16-8-5-12-19-16;/h2-4,6-7,16,19H,5,8-14H2,1H3;1H. The van der Waals surface area contributed by atoms with Crippen molar-refractivity contribution >= 4 is 18.3 Å². The summed E-state index contributed by atoms with van der Waals surface area (Å²) in [5.41, 5.74) is 1.69. The summed E-state index contributed by atoms with van der Waals surface area (Å²) >= 11 is 0. The first kappa shape index (κ1) is 17.3. The molecule has 22 heavy (non-hydrogen) atoms. The predicted molar refractivity (Wildman–Crippen MR) is 92.3 cm³/mol. The van der Waals surface area contributed by atoms with Crippen molar-refractivity contribution < 1.29 is 4.79 Å². The van der Waals surface area contributed by atoms with Crippen LogP contribution in [0.4, 0.5) is 0 Å². The van der Waals surface area contributed by atoms with Gasteiger partial charge in [0.2, 0.25) is 5.91 Å². The largest absolute Gasteiger partial charge is 0.341 e. The lowest BCUT2D eigenvalue weighted by molar-refractivity contribution is -0.132. The van der Waals surface area contributed by atoms with Crippen molar-refractivity contribution in [1.82, 2.24) is 10.2 Å². The van der Waals surface area contributed by atoms with Gasteiger partial charge in [-0.15, -0.1) is 12.4 Å². The molecule has 2 aliphatic rings. The molecule has 2 atom stereocenters. The number of aryl methyl sites for hydroxylation is 1. The van der Waals surface area contributed by atoms with E-state index >= 15 is 0 Å². The van der Waals surface area contributed by atoms with Gasteiger partial charge in [0.1, 0.15) is 0 Å². The van der Waals surface area contributed by atoms with Crippen LogP contribution in [-0.2, 0) is 11.2 Å². The zero-order valence-electron chi connectivity index (χ0n) is 13.4. The van der Waals surface area contributed by atoms with Crippen LogP contribution in [0, 0.1) is 5.41 Å². The Morgan fingerprint density at radius 2 is 2.14 bits per heavy atom. The zero-order valence-corrected chi connectivity index (χ0v) is 14.2. The van der Waals surface area contributed by atoms with Crippen molar-refractivity contribution in [2.24, 2.45) is 5.41 Å². The second kappa shape index (κ2) is 7.47. The van der Waals surface area contributed by atoms with Gasteiger partial charge in [-0.25, -0.2) is 0 Å². The molecule has 1 N–H and O–H groups in total. The van der Waals surface area contributed by atoms with E-state index in [0.29, 0.717) is 5.91 Å². The van der Waals surface area contributed by atoms with Crippen molar-refractivity contribution in [2.75, 3.05) is 19.6 Å². The number of nitrogens with zero attached hydrogens (tertiary/aromatic N) is 1. The van der Waals surface area contributed by atoms with E-state index in [1.54, 1.807) is 0 Å². The molecule has 122 valence electrons. The minimum Gasteiger partial charge on any atom is -0.341 e. The lowest BCUT2D eigenvalue weighted by atomic mass is 9.83. The van der Waals surface area contributed by atoms with Gasteiger partial charge in [0.05, 0.1) is 6.04 Å². The highest BCUT2D eigenvalue weighted by atomic mass is 35.5. The Labute approximate surface area is 139 Å². The number of halogens is 1. The molecule has 0 saturated carbocycles. The van der Waals surface area contributed by atoms with Crippen molar-refractivity contribution in [2.45, 2.75) is 45.1 Å². The van der Waals surface area contributed by atoms with Crippen LogP contribution in [0.2, 0.25) is 0 Å². The monoisotopic (exact) mass is 322 g/mol. The lowest BCUT2D eigenvalue weighted by Gasteiger charge is -2.26. The van der Waals surface area contributed by atoms with Crippen LogP contribution in [-0.4, -0.2) is 36.5 Å². The van der Waals surface area contributed by atoms with Crippen LogP contribution < -0.4 is 5.32 Å². The fourth-order valence-corrected chi connectivity index (χ4v) is 3.62. The highest BCUT2D eigenvalue weighted by Gasteiger charge is 2.38. The average Bonchev–Trinajstić information content (AvgIpc) is 3.16. The summed E-state index contributed by atoms with van der Waals surface area (Å²) in [5.74, 6) is 0.330. The number of hydrogen-bond acceptors (Lipinski definition) is 2. The number of rotatable bonds is 4. The number of carbonyl (C=O) groups is 1. The van der Waals surface area contributed by atoms with Gasteiger partial charge < -0.3 is 10.2 Å². The first-order chi connectivity index (χ1) is 10.2. The number of nitrogens with one attached hydrogen (secondary N) is 1. The van der Waals surface area contributed by atoms with Gasteiger partial charge in [0.15, 0.2) is 0 Å². The summed E-state index contributed by atoms with van der Waals surface area (Å²) in [6.07, 6.45) is 5.56. The number of hydrogen-bond donors (Lipinski definition) is 1. The minimum absolute atomic E-state index is 0. The molecule has 0 aromatic heterocycles. The van der Waals surface area contributed by atoms with Gasteiger partial charge in [-0.2, -0.15) is 0 Å². The van der Waals surface area contributed by atoms with Crippen LogP contribution in [0.25, 0.3) is 0 Å². The fraction of sp³-hybridized carbons (Fsp3) is 0.611. The SMILES string of the molecule is CC1(CCc2ccccc2)CCN(C(=O)C2CCCN2)C1.Cl. The van der Waals surface area contributed by atoms with Crippen LogP contribution in [0.15, 0.2) is 30.3 Å². The number of carbonyl (C=O) groups excluding carboxylic acids is 1. The minimum atomic E-state index is 0.